The van der Waals surface area contributed by atoms with Crippen molar-refractivity contribution in [3.05, 3.63) is 71.7 Å². The fraction of sp³-hybridized carbons (Fsp3) is 0.318. The van der Waals surface area contributed by atoms with E-state index in [-0.39, 0.29) is 24.2 Å². The average Bonchev–Trinajstić information content (AvgIpc) is 3.17. The minimum absolute atomic E-state index is 0.0918. The monoisotopic (exact) mass is 447 g/mol. The Morgan fingerprint density at radius 2 is 1.39 bits per heavy atom. The van der Waals surface area contributed by atoms with Crippen LogP contribution in [0.4, 0.5) is 4.39 Å². The van der Waals surface area contributed by atoms with E-state index in [4.69, 9.17) is 9.47 Å². The average molecular weight is 448 g/mol. The molecule has 9 heteroatoms. The summed E-state index contributed by atoms with van der Waals surface area (Å²) in [5, 5.41) is 3.69. The van der Waals surface area contributed by atoms with E-state index in [1.807, 2.05) is 0 Å². The molecule has 0 saturated carbocycles. The highest BCUT2D eigenvalue weighted by atomic mass is 32.2. The molecule has 0 bridgehead atoms. The number of nitrogens with zero attached hydrogens (tertiary/aromatic N) is 3. The summed E-state index contributed by atoms with van der Waals surface area (Å²) in [7, 11) is -0.936. The van der Waals surface area contributed by atoms with Crippen molar-refractivity contribution in [1.82, 2.24) is 14.1 Å². The second-order valence-electron chi connectivity index (χ2n) is 7.31. The summed E-state index contributed by atoms with van der Waals surface area (Å²) in [6.07, 6.45) is 0. The molecule has 0 aliphatic carbocycles. The first-order valence-corrected chi connectivity index (χ1v) is 11.2. The summed E-state index contributed by atoms with van der Waals surface area (Å²) < 4.78 is 53.8. The lowest BCUT2D eigenvalue weighted by Crippen LogP contribution is -2.30. The van der Waals surface area contributed by atoms with Crippen molar-refractivity contribution in [2.45, 2.75) is 38.0 Å². The fourth-order valence-corrected chi connectivity index (χ4v) is 4.41. The number of aromatic nitrogens is 2. The Hall–Kier alpha value is -2.91. The Bertz CT molecular complexity index is 1060. The third-order valence-corrected chi connectivity index (χ3v) is 6.46. The third kappa shape index (κ3) is 5.23. The zero-order valence-corrected chi connectivity index (χ0v) is 18.8. The molecule has 0 spiro atoms. The number of halogens is 1. The summed E-state index contributed by atoms with van der Waals surface area (Å²) >= 11 is 0. The van der Waals surface area contributed by atoms with Crippen LogP contribution < -0.4 is 9.47 Å². The van der Waals surface area contributed by atoms with Gasteiger partial charge in [-0.15, -0.1) is 0 Å². The van der Waals surface area contributed by atoms with Crippen molar-refractivity contribution in [3.8, 4) is 11.5 Å². The van der Waals surface area contributed by atoms with Gasteiger partial charge in [-0.25, -0.2) is 13.1 Å². The number of hydrogen-bond acceptors (Lipinski definition) is 5. The molecular weight excluding hydrogens is 421 g/mol. The lowest BCUT2D eigenvalue weighted by Gasteiger charge is -2.21. The topological polar surface area (TPSA) is 73.7 Å². The lowest BCUT2D eigenvalue weighted by molar-refractivity contribution is 0.391. The largest absolute Gasteiger partial charge is 0.497 e. The number of sulfonamides is 1. The fourth-order valence-electron chi connectivity index (χ4n) is 3.07. The van der Waals surface area contributed by atoms with Crippen molar-refractivity contribution in [2.24, 2.45) is 0 Å². The van der Waals surface area contributed by atoms with E-state index < -0.39 is 16.0 Å². The third-order valence-electron chi connectivity index (χ3n) is 4.80. The first kappa shape index (κ1) is 22.8. The molecule has 3 aromatic rings. The predicted octanol–water partition coefficient (Wildman–Crippen LogP) is 4.01. The van der Waals surface area contributed by atoms with Crippen LogP contribution in [-0.2, 0) is 23.1 Å². The number of rotatable bonds is 9. The van der Waals surface area contributed by atoms with Gasteiger partial charge in [0.2, 0.25) is 5.95 Å². The van der Waals surface area contributed by atoms with Gasteiger partial charge >= 0.3 is 0 Å². The molecule has 0 saturated heterocycles. The summed E-state index contributed by atoms with van der Waals surface area (Å²) in [5.74, 6) is 0.652. The van der Waals surface area contributed by atoms with Crippen molar-refractivity contribution in [1.29, 1.82) is 0 Å². The van der Waals surface area contributed by atoms with E-state index in [0.29, 0.717) is 11.5 Å². The Balaban J connectivity index is 1.97. The SMILES string of the molecule is COc1ccc(CN(Cc2ccc(OC)cc2)S(=O)(=O)c2cc(F)n(C(C)C)n2)cc1. The Morgan fingerprint density at radius 3 is 1.74 bits per heavy atom. The van der Waals surface area contributed by atoms with Gasteiger partial charge in [0.1, 0.15) is 11.5 Å². The molecular formula is C22H26FN3O4S. The van der Waals surface area contributed by atoms with Crippen LogP contribution in [0.2, 0.25) is 0 Å². The molecule has 166 valence electrons. The Morgan fingerprint density at radius 1 is 0.935 bits per heavy atom. The molecule has 0 atom stereocenters. The van der Waals surface area contributed by atoms with Crippen molar-refractivity contribution in [2.75, 3.05) is 14.2 Å². The van der Waals surface area contributed by atoms with Gasteiger partial charge in [-0.3, -0.25) is 0 Å². The zero-order chi connectivity index (χ0) is 22.6. The second-order valence-corrected chi connectivity index (χ2v) is 9.20. The summed E-state index contributed by atoms with van der Waals surface area (Å²) in [6.45, 7) is 3.65. The molecule has 31 heavy (non-hydrogen) atoms. The van der Waals surface area contributed by atoms with Crippen LogP contribution in [0.5, 0.6) is 11.5 Å². The molecule has 0 aliphatic rings. The maximum Gasteiger partial charge on any atom is 0.263 e. The van der Waals surface area contributed by atoms with E-state index >= 15 is 0 Å². The minimum atomic E-state index is -4.07. The predicted molar refractivity (Wildman–Crippen MR) is 115 cm³/mol. The van der Waals surface area contributed by atoms with Crippen molar-refractivity contribution < 1.29 is 22.3 Å². The van der Waals surface area contributed by atoms with Gasteiger partial charge in [0.05, 0.1) is 14.2 Å². The number of benzene rings is 2. The van der Waals surface area contributed by atoms with Gasteiger partial charge in [0, 0.05) is 25.2 Å². The van der Waals surface area contributed by atoms with Crippen LogP contribution in [0.25, 0.3) is 0 Å². The van der Waals surface area contributed by atoms with E-state index in [9.17, 15) is 12.8 Å². The van der Waals surface area contributed by atoms with Crippen molar-refractivity contribution in [3.63, 3.8) is 0 Å². The van der Waals surface area contributed by atoms with Gasteiger partial charge in [0.25, 0.3) is 10.0 Å². The molecule has 0 fully saturated rings. The van der Waals surface area contributed by atoms with E-state index in [1.165, 1.54) is 4.31 Å². The van der Waals surface area contributed by atoms with Gasteiger partial charge in [-0.2, -0.15) is 13.8 Å². The molecule has 0 N–H and O–H groups in total. The Labute approximate surface area is 182 Å². The first-order chi connectivity index (χ1) is 14.7. The van der Waals surface area contributed by atoms with Gasteiger partial charge in [-0.1, -0.05) is 24.3 Å². The van der Waals surface area contributed by atoms with Gasteiger partial charge < -0.3 is 9.47 Å². The molecule has 1 aromatic heterocycles. The van der Waals surface area contributed by atoms with Crippen LogP contribution in [0, 0.1) is 5.95 Å². The molecule has 3 rings (SSSR count). The van der Waals surface area contributed by atoms with Gasteiger partial charge in [-0.05, 0) is 49.2 Å². The van der Waals surface area contributed by atoms with Gasteiger partial charge in [0.15, 0.2) is 5.03 Å². The highest BCUT2D eigenvalue weighted by Crippen LogP contribution is 2.24. The summed E-state index contributed by atoms with van der Waals surface area (Å²) in [6, 6.07) is 14.9. The highest BCUT2D eigenvalue weighted by Gasteiger charge is 2.29. The summed E-state index contributed by atoms with van der Waals surface area (Å²) in [5.41, 5.74) is 1.53. The number of ether oxygens (including phenoxy) is 2. The lowest BCUT2D eigenvalue weighted by atomic mass is 10.2. The number of hydrogen-bond donors (Lipinski definition) is 0. The molecule has 0 radical (unpaired) electrons. The molecule has 0 aliphatic heterocycles. The molecule has 0 amide bonds. The first-order valence-electron chi connectivity index (χ1n) is 9.75. The van der Waals surface area contributed by atoms with Crippen LogP contribution >= 0.6 is 0 Å². The molecule has 7 nitrogen and oxygen atoms in total. The molecule has 2 aromatic carbocycles. The van der Waals surface area contributed by atoms with Crippen LogP contribution in [-0.4, -0.2) is 36.7 Å². The maximum atomic E-state index is 14.3. The van der Waals surface area contributed by atoms with Crippen LogP contribution in [0.3, 0.4) is 0 Å². The normalized spacial score (nSPS) is 11.8. The standard InChI is InChI=1S/C22H26FN3O4S/c1-16(2)26-21(23)13-22(24-26)31(27,28)25(14-17-5-9-19(29-3)10-6-17)15-18-7-11-20(30-4)12-8-18/h5-13,16H,14-15H2,1-4H3. The van der Waals surface area contributed by atoms with E-state index in [1.54, 1.807) is 76.6 Å². The quantitative estimate of drug-likeness (QED) is 0.496. The summed E-state index contributed by atoms with van der Waals surface area (Å²) in [4.78, 5) is 0. The van der Waals surface area contributed by atoms with Crippen LogP contribution in [0.15, 0.2) is 59.6 Å². The van der Waals surface area contributed by atoms with Crippen molar-refractivity contribution >= 4 is 10.0 Å². The van der Waals surface area contributed by atoms with E-state index in [0.717, 1.165) is 21.9 Å². The van der Waals surface area contributed by atoms with E-state index in [2.05, 4.69) is 5.10 Å². The zero-order valence-electron chi connectivity index (χ0n) is 17.9. The molecule has 1 heterocycles. The van der Waals surface area contributed by atoms with Crippen LogP contribution in [0.1, 0.15) is 31.0 Å². The number of methoxy groups -OCH3 is 2. The second kappa shape index (κ2) is 9.49. The maximum absolute atomic E-state index is 14.3. The Kier molecular flexibility index (Phi) is 6.97. The smallest absolute Gasteiger partial charge is 0.263 e. The highest BCUT2D eigenvalue weighted by molar-refractivity contribution is 7.89. The minimum Gasteiger partial charge on any atom is -0.497 e. The molecule has 0 unspecified atom stereocenters.